The van der Waals surface area contributed by atoms with Crippen molar-refractivity contribution in [1.29, 1.82) is 0 Å². The molecule has 0 spiro atoms. The molecule has 0 aromatic rings. The Morgan fingerprint density at radius 1 is 1.64 bits per heavy atom. The molecular weight excluding hydrogens is 180 g/mol. The SMILES string of the molecule is C=CCOCC1C=CC(OC(C)=O)C1. The van der Waals surface area contributed by atoms with E-state index in [0.29, 0.717) is 19.1 Å². The summed E-state index contributed by atoms with van der Waals surface area (Å²) in [6, 6.07) is 0. The summed E-state index contributed by atoms with van der Waals surface area (Å²) in [7, 11) is 0. The Labute approximate surface area is 84.4 Å². The summed E-state index contributed by atoms with van der Waals surface area (Å²) in [6.45, 7) is 6.23. The molecule has 1 aliphatic rings. The maximum absolute atomic E-state index is 10.7. The minimum absolute atomic E-state index is 0.0650. The van der Waals surface area contributed by atoms with E-state index >= 15 is 0 Å². The Kier molecular flexibility index (Phi) is 4.40. The molecule has 14 heavy (non-hydrogen) atoms. The highest BCUT2D eigenvalue weighted by atomic mass is 16.5. The van der Waals surface area contributed by atoms with Crippen LogP contribution >= 0.6 is 0 Å². The smallest absolute Gasteiger partial charge is 0.303 e. The number of rotatable bonds is 5. The molecule has 2 atom stereocenters. The van der Waals surface area contributed by atoms with Crippen LogP contribution in [-0.2, 0) is 14.3 Å². The molecule has 1 aliphatic carbocycles. The molecule has 0 aromatic carbocycles. The molecule has 0 aromatic heterocycles. The maximum Gasteiger partial charge on any atom is 0.303 e. The lowest BCUT2D eigenvalue weighted by Crippen LogP contribution is -2.14. The van der Waals surface area contributed by atoms with Gasteiger partial charge in [-0.15, -0.1) is 6.58 Å². The van der Waals surface area contributed by atoms with E-state index in [-0.39, 0.29) is 12.1 Å². The van der Waals surface area contributed by atoms with Gasteiger partial charge in [0.15, 0.2) is 0 Å². The lowest BCUT2D eigenvalue weighted by Gasteiger charge is -2.11. The number of hydrogen-bond donors (Lipinski definition) is 0. The highest BCUT2D eigenvalue weighted by molar-refractivity contribution is 5.66. The van der Waals surface area contributed by atoms with Crippen molar-refractivity contribution in [2.24, 2.45) is 5.92 Å². The highest BCUT2D eigenvalue weighted by Crippen LogP contribution is 2.20. The van der Waals surface area contributed by atoms with Crippen molar-refractivity contribution in [1.82, 2.24) is 0 Å². The second-order valence-corrected chi connectivity index (χ2v) is 3.35. The number of hydrogen-bond acceptors (Lipinski definition) is 3. The van der Waals surface area contributed by atoms with Gasteiger partial charge in [0.05, 0.1) is 13.2 Å². The standard InChI is InChI=1S/C11H16O3/c1-3-6-13-8-10-4-5-11(7-10)14-9(2)12/h3-5,10-11H,1,6-8H2,2H3. The number of ether oxygens (including phenoxy) is 2. The van der Waals surface area contributed by atoms with Crippen LogP contribution in [0.5, 0.6) is 0 Å². The molecule has 2 unspecified atom stereocenters. The van der Waals surface area contributed by atoms with Crippen molar-refractivity contribution in [2.75, 3.05) is 13.2 Å². The van der Waals surface area contributed by atoms with E-state index in [9.17, 15) is 4.79 Å². The molecule has 0 aliphatic heterocycles. The maximum atomic E-state index is 10.7. The van der Waals surface area contributed by atoms with E-state index in [1.54, 1.807) is 6.08 Å². The van der Waals surface area contributed by atoms with Gasteiger partial charge >= 0.3 is 5.97 Å². The zero-order valence-electron chi connectivity index (χ0n) is 8.44. The van der Waals surface area contributed by atoms with Crippen molar-refractivity contribution < 1.29 is 14.3 Å². The van der Waals surface area contributed by atoms with Gasteiger partial charge in [0, 0.05) is 12.8 Å². The van der Waals surface area contributed by atoms with E-state index < -0.39 is 0 Å². The Balaban J connectivity index is 2.18. The minimum atomic E-state index is -0.229. The lowest BCUT2D eigenvalue weighted by molar-refractivity contribution is -0.144. The van der Waals surface area contributed by atoms with Gasteiger partial charge < -0.3 is 9.47 Å². The predicted octanol–water partition coefficient (Wildman–Crippen LogP) is 1.70. The van der Waals surface area contributed by atoms with E-state index in [1.165, 1.54) is 6.92 Å². The first-order valence-electron chi connectivity index (χ1n) is 4.76. The van der Waals surface area contributed by atoms with Gasteiger partial charge in [-0.3, -0.25) is 4.79 Å². The number of carbonyl (C=O) groups excluding carboxylic acids is 1. The Morgan fingerprint density at radius 2 is 2.43 bits per heavy atom. The zero-order valence-corrected chi connectivity index (χ0v) is 8.44. The van der Waals surface area contributed by atoms with Crippen LogP contribution in [-0.4, -0.2) is 25.3 Å². The second kappa shape index (κ2) is 5.60. The van der Waals surface area contributed by atoms with Gasteiger partial charge in [0.2, 0.25) is 0 Å². The van der Waals surface area contributed by atoms with Crippen LogP contribution < -0.4 is 0 Å². The molecule has 3 heteroatoms. The molecule has 0 amide bonds. The molecule has 0 N–H and O–H groups in total. The average Bonchev–Trinajstić information content (AvgIpc) is 2.52. The average molecular weight is 196 g/mol. The first-order valence-corrected chi connectivity index (χ1v) is 4.76. The van der Waals surface area contributed by atoms with Gasteiger partial charge in [-0.25, -0.2) is 0 Å². The van der Waals surface area contributed by atoms with Crippen LogP contribution in [0.15, 0.2) is 24.8 Å². The summed E-state index contributed by atoms with van der Waals surface area (Å²) in [6.07, 6.45) is 6.45. The number of esters is 1. The second-order valence-electron chi connectivity index (χ2n) is 3.35. The fourth-order valence-corrected chi connectivity index (χ4v) is 1.46. The third kappa shape index (κ3) is 3.75. The minimum Gasteiger partial charge on any atom is -0.458 e. The summed E-state index contributed by atoms with van der Waals surface area (Å²) in [4.78, 5) is 10.7. The molecule has 0 heterocycles. The van der Waals surface area contributed by atoms with Crippen molar-refractivity contribution in [3.8, 4) is 0 Å². The fraction of sp³-hybridized carbons (Fsp3) is 0.545. The van der Waals surface area contributed by atoms with Crippen molar-refractivity contribution in [2.45, 2.75) is 19.4 Å². The Hall–Kier alpha value is -1.09. The van der Waals surface area contributed by atoms with Gasteiger partial charge in [0.25, 0.3) is 0 Å². The third-order valence-corrected chi connectivity index (χ3v) is 2.02. The van der Waals surface area contributed by atoms with E-state index in [4.69, 9.17) is 9.47 Å². The molecule has 0 saturated heterocycles. The summed E-state index contributed by atoms with van der Waals surface area (Å²) in [5.74, 6) is 0.131. The van der Waals surface area contributed by atoms with Crippen molar-refractivity contribution >= 4 is 5.97 Å². The quantitative estimate of drug-likeness (QED) is 0.381. The largest absolute Gasteiger partial charge is 0.458 e. The van der Waals surface area contributed by atoms with Crippen LogP contribution in [0.1, 0.15) is 13.3 Å². The zero-order chi connectivity index (χ0) is 10.4. The summed E-state index contributed by atoms with van der Waals surface area (Å²) < 4.78 is 10.4. The molecule has 3 nitrogen and oxygen atoms in total. The van der Waals surface area contributed by atoms with E-state index in [0.717, 1.165) is 6.42 Å². The van der Waals surface area contributed by atoms with Crippen molar-refractivity contribution in [3.05, 3.63) is 24.8 Å². The van der Waals surface area contributed by atoms with Crippen LogP contribution in [0.3, 0.4) is 0 Å². The van der Waals surface area contributed by atoms with E-state index in [2.05, 4.69) is 6.58 Å². The fourth-order valence-electron chi connectivity index (χ4n) is 1.46. The Bertz CT molecular complexity index is 233. The van der Waals surface area contributed by atoms with Crippen molar-refractivity contribution in [3.63, 3.8) is 0 Å². The molecule has 0 fully saturated rings. The van der Waals surface area contributed by atoms with Crippen LogP contribution in [0.2, 0.25) is 0 Å². The third-order valence-electron chi connectivity index (χ3n) is 2.02. The lowest BCUT2D eigenvalue weighted by atomic mass is 10.1. The summed E-state index contributed by atoms with van der Waals surface area (Å²) in [5, 5.41) is 0. The van der Waals surface area contributed by atoms with Gasteiger partial charge in [-0.2, -0.15) is 0 Å². The molecule has 1 rings (SSSR count). The van der Waals surface area contributed by atoms with Crippen LogP contribution in [0.25, 0.3) is 0 Å². The molecule has 0 bridgehead atoms. The van der Waals surface area contributed by atoms with Gasteiger partial charge in [-0.1, -0.05) is 12.2 Å². The first-order chi connectivity index (χ1) is 6.72. The summed E-state index contributed by atoms with van der Waals surface area (Å²) >= 11 is 0. The summed E-state index contributed by atoms with van der Waals surface area (Å²) in [5.41, 5.74) is 0. The van der Waals surface area contributed by atoms with E-state index in [1.807, 2.05) is 12.2 Å². The highest BCUT2D eigenvalue weighted by Gasteiger charge is 2.20. The molecule has 0 saturated carbocycles. The van der Waals surface area contributed by atoms with Crippen LogP contribution in [0, 0.1) is 5.92 Å². The first kappa shape index (κ1) is 11.0. The number of carbonyl (C=O) groups is 1. The molecule has 0 radical (unpaired) electrons. The topological polar surface area (TPSA) is 35.5 Å². The predicted molar refractivity (Wildman–Crippen MR) is 53.8 cm³/mol. The van der Waals surface area contributed by atoms with Gasteiger partial charge in [0.1, 0.15) is 6.10 Å². The molecule has 78 valence electrons. The van der Waals surface area contributed by atoms with Crippen LogP contribution in [0.4, 0.5) is 0 Å². The molecular formula is C11H16O3. The van der Waals surface area contributed by atoms with Gasteiger partial charge in [-0.05, 0) is 12.5 Å². The normalized spacial score (nSPS) is 24.9. The monoisotopic (exact) mass is 196 g/mol. The Morgan fingerprint density at radius 3 is 3.07 bits per heavy atom.